The monoisotopic (exact) mass is 350 g/mol. The Kier molecular flexibility index (Phi) is 4.06. The Labute approximate surface area is 150 Å². The first-order chi connectivity index (χ1) is 12.5. The SMILES string of the molecule is O=C(/C=C1\NC[C@@H](O)CC1O)Nc1cccc2c1C(=O)c1ccccc1-2. The molecule has 4 rings (SSSR count). The zero-order valence-electron chi connectivity index (χ0n) is 13.9. The lowest BCUT2D eigenvalue weighted by Crippen LogP contribution is -2.41. The third-order valence-electron chi connectivity index (χ3n) is 4.69. The van der Waals surface area contributed by atoms with E-state index in [1.807, 2.05) is 24.3 Å². The number of ketones is 1. The van der Waals surface area contributed by atoms with Gasteiger partial charge in [0.25, 0.3) is 0 Å². The molecule has 0 aromatic heterocycles. The smallest absolute Gasteiger partial charge is 0.250 e. The minimum absolute atomic E-state index is 0.113. The van der Waals surface area contributed by atoms with Gasteiger partial charge in [0, 0.05) is 30.3 Å². The van der Waals surface area contributed by atoms with Crippen molar-refractivity contribution < 1.29 is 19.8 Å². The first-order valence-electron chi connectivity index (χ1n) is 8.44. The highest BCUT2D eigenvalue weighted by atomic mass is 16.3. The van der Waals surface area contributed by atoms with E-state index in [0.717, 1.165) is 11.1 Å². The Bertz CT molecular complexity index is 935. The second-order valence-electron chi connectivity index (χ2n) is 6.48. The molecule has 2 aromatic rings. The van der Waals surface area contributed by atoms with Gasteiger partial charge in [-0.25, -0.2) is 0 Å². The molecule has 2 aromatic carbocycles. The average molecular weight is 350 g/mol. The molecule has 2 aliphatic rings. The number of fused-ring (bicyclic) bond motifs is 3. The first-order valence-corrected chi connectivity index (χ1v) is 8.44. The molecule has 4 N–H and O–H groups in total. The van der Waals surface area contributed by atoms with Gasteiger partial charge in [-0.3, -0.25) is 9.59 Å². The molecular weight excluding hydrogens is 332 g/mol. The largest absolute Gasteiger partial charge is 0.391 e. The van der Waals surface area contributed by atoms with Crippen LogP contribution >= 0.6 is 0 Å². The van der Waals surface area contributed by atoms with Gasteiger partial charge in [-0.1, -0.05) is 36.4 Å². The van der Waals surface area contributed by atoms with Crippen LogP contribution in [0.25, 0.3) is 11.1 Å². The van der Waals surface area contributed by atoms with Crippen LogP contribution in [0.15, 0.2) is 54.2 Å². The zero-order valence-corrected chi connectivity index (χ0v) is 13.9. The third-order valence-corrected chi connectivity index (χ3v) is 4.69. The van der Waals surface area contributed by atoms with Gasteiger partial charge in [-0.2, -0.15) is 0 Å². The molecule has 1 fully saturated rings. The summed E-state index contributed by atoms with van der Waals surface area (Å²) in [5.74, 6) is -0.557. The van der Waals surface area contributed by atoms with Crippen LogP contribution in [0.1, 0.15) is 22.3 Å². The minimum atomic E-state index is -0.920. The van der Waals surface area contributed by atoms with E-state index >= 15 is 0 Å². The number of piperidine rings is 1. The van der Waals surface area contributed by atoms with Gasteiger partial charge in [-0.15, -0.1) is 0 Å². The third kappa shape index (κ3) is 2.79. The van der Waals surface area contributed by atoms with Crippen LogP contribution in [0.3, 0.4) is 0 Å². The Morgan fingerprint density at radius 2 is 1.81 bits per heavy atom. The number of benzene rings is 2. The van der Waals surface area contributed by atoms with Crippen molar-refractivity contribution in [1.82, 2.24) is 5.32 Å². The molecule has 26 heavy (non-hydrogen) atoms. The van der Waals surface area contributed by atoms with Crippen molar-refractivity contribution in [3.05, 3.63) is 65.4 Å². The molecular formula is C20H18N2O4. The second kappa shape index (κ2) is 6.40. The van der Waals surface area contributed by atoms with Crippen LogP contribution in [0.2, 0.25) is 0 Å². The number of hydrogen-bond acceptors (Lipinski definition) is 5. The molecule has 132 valence electrons. The van der Waals surface area contributed by atoms with Crippen LogP contribution in [-0.4, -0.2) is 40.7 Å². The minimum Gasteiger partial charge on any atom is -0.391 e. The van der Waals surface area contributed by atoms with E-state index in [-0.39, 0.29) is 18.7 Å². The number of amides is 1. The molecule has 6 heteroatoms. The van der Waals surface area contributed by atoms with Gasteiger partial charge in [0.1, 0.15) is 0 Å². The van der Waals surface area contributed by atoms with Gasteiger partial charge in [-0.05, 0) is 17.2 Å². The number of carbonyl (C=O) groups is 2. The summed E-state index contributed by atoms with van der Waals surface area (Å²) in [5, 5.41) is 25.0. The lowest BCUT2D eigenvalue weighted by atomic mass is 10.0. The fraction of sp³-hybridized carbons (Fsp3) is 0.200. The average Bonchev–Trinajstić information content (AvgIpc) is 2.92. The van der Waals surface area contributed by atoms with E-state index in [1.54, 1.807) is 18.2 Å². The van der Waals surface area contributed by atoms with Crippen molar-refractivity contribution in [3.63, 3.8) is 0 Å². The Morgan fingerprint density at radius 1 is 1.08 bits per heavy atom. The van der Waals surface area contributed by atoms with Gasteiger partial charge < -0.3 is 20.8 Å². The Morgan fingerprint density at radius 3 is 2.58 bits per heavy atom. The van der Waals surface area contributed by atoms with E-state index in [2.05, 4.69) is 10.6 Å². The summed E-state index contributed by atoms with van der Waals surface area (Å²) in [5.41, 5.74) is 3.56. The van der Waals surface area contributed by atoms with Gasteiger partial charge in [0.15, 0.2) is 5.78 Å². The van der Waals surface area contributed by atoms with Crippen molar-refractivity contribution in [1.29, 1.82) is 0 Å². The van der Waals surface area contributed by atoms with Gasteiger partial charge in [0.2, 0.25) is 5.91 Å². The Hall–Kier alpha value is -2.96. The zero-order chi connectivity index (χ0) is 18.3. The molecule has 0 spiro atoms. The molecule has 1 saturated heterocycles. The molecule has 0 saturated carbocycles. The molecule has 1 amide bonds. The maximum Gasteiger partial charge on any atom is 0.250 e. The van der Waals surface area contributed by atoms with Crippen molar-refractivity contribution in [2.45, 2.75) is 18.6 Å². The number of β-amino-alcohol motifs (C(OH)–C–C–N with tert-alkyl or cyclic N) is 1. The van der Waals surface area contributed by atoms with Crippen molar-refractivity contribution in [3.8, 4) is 11.1 Å². The lowest BCUT2D eigenvalue weighted by Gasteiger charge is -2.26. The highest BCUT2D eigenvalue weighted by molar-refractivity contribution is 6.25. The fourth-order valence-electron chi connectivity index (χ4n) is 3.45. The number of aliphatic hydroxyl groups excluding tert-OH is 2. The standard InChI is InChI=1S/C20H18N2O4/c23-11-8-17(24)16(21-10-11)9-18(25)22-15-7-3-6-13-12-4-1-2-5-14(12)20(26)19(13)15/h1-7,9,11,17,21,23-24H,8,10H2,(H,22,25)/b16-9-/t11-,17?/m0/s1. The predicted molar refractivity (Wildman–Crippen MR) is 96.7 cm³/mol. The van der Waals surface area contributed by atoms with E-state index in [4.69, 9.17) is 0 Å². The molecule has 2 atom stereocenters. The summed E-state index contributed by atoms with van der Waals surface area (Å²) in [6, 6.07) is 12.7. The molecule has 0 radical (unpaired) electrons. The molecule has 1 aliphatic carbocycles. The van der Waals surface area contributed by atoms with Crippen molar-refractivity contribution in [2.24, 2.45) is 0 Å². The molecule has 6 nitrogen and oxygen atoms in total. The summed E-state index contributed by atoms with van der Waals surface area (Å²) in [6.07, 6.45) is -0.112. The van der Waals surface area contributed by atoms with Crippen LogP contribution in [0, 0.1) is 0 Å². The number of carbonyl (C=O) groups excluding carboxylic acids is 2. The number of anilines is 1. The topological polar surface area (TPSA) is 98.7 Å². The molecule has 1 heterocycles. The van der Waals surface area contributed by atoms with Crippen LogP contribution < -0.4 is 10.6 Å². The van der Waals surface area contributed by atoms with Gasteiger partial charge >= 0.3 is 0 Å². The van der Waals surface area contributed by atoms with Crippen LogP contribution in [0.4, 0.5) is 5.69 Å². The fourth-order valence-corrected chi connectivity index (χ4v) is 3.45. The van der Waals surface area contributed by atoms with E-state index in [1.165, 1.54) is 6.08 Å². The van der Waals surface area contributed by atoms with E-state index in [0.29, 0.717) is 22.5 Å². The van der Waals surface area contributed by atoms with Crippen LogP contribution in [-0.2, 0) is 4.79 Å². The van der Waals surface area contributed by atoms with Crippen molar-refractivity contribution in [2.75, 3.05) is 11.9 Å². The number of hydrogen-bond donors (Lipinski definition) is 4. The first kappa shape index (κ1) is 16.5. The number of nitrogens with one attached hydrogen (secondary N) is 2. The second-order valence-corrected chi connectivity index (χ2v) is 6.48. The predicted octanol–water partition coefficient (Wildman–Crippen LogP) is 1.44. The normalized spacial score (nSPS) is 22.5. The summed E-state index contributed by atoms with van der Waals surface area (Å²) in [4.78, 5) is 25.1. The number of aliphatic hydroxyl groups is 2. The highest BCUT2D eigenvalue weighted by Gasteiger charge is 2.29. The maximum absolute atomic E-state index is 12.7. The summed E-state index contributed by atoms with van der Waals surface area (Å²) in [7, 11) is 0. The van der Waals surface area contributed by atoms with Gasteiger partial charge in [0.05, 0.1) is 23.5 Å². The maximum atomic E-state index is 12.7. The molecule has 0 bridgehead atoms. The summed E-state index contributed by atoms with van der Waals surface area (Å²) >= 11 is 0. The highest BCUT2D eigenvalue weighted by Crippen LogP contribution is 2.39. The summed E-state index contributed by atoms with van der Waals surface area (Å²) in [6.45, 7) is 0.282. The molecule has 1 unspecified atom stereocenters. The van der Waals surface area contributed by atoms with Crippen molar-refractivity contribution >= 4 is 17.4 Å². The quantitative estimate of drug-likeness (QED) is 0.524. The lowest BCUT2D eigenvalue weighted by molar-refractivity contribution is -0.112. The Balaban J connectivity index is 1.61. The van der Waals surface area contributed by atoms with Crippen LogP contribution in [0.5, 0.6) is 0 Å². The molecule has 1 aliphatic heterocycles. The van der Waals surface area contributed by atoms with E-state index < -0.39 is 18.1 Å². The van der Waals surface area contributed by atoms with E-state index in [9.17, 15) is 19.8 Å². The summed E-state index contributed by atoms with van der Waals surface area (Å²) < 4.78 is 0. The number of rotatable bonds is 2.